The van der Waals surface area contributed by atoms with Crippen molar-refractivity contribution < 1.29 is 13.5 Å². The summed E-state index contributed by atoms with van der Waals surface area (Å²) < 4.78 is 28.9. The lowest BCUT2D eigenvalue weighted by Crippen LogP contribution is -2.48. The van der Waals surface area contributed by atoms with E-state index in [0.29, 0.717) is 25.6 Å². The van der Waals surface area contributed by atoms with Crippen molar-refractivity contribution in [3.05, 3.63) is 0 Å². The average Bonchev–Trinajstić information content (AvgIpc) is 3.23. The second kappa shape index (κ2) is 6.73. The van der Waals surface area contributed by atoms with Crippen LogP contribution in [0.4, 0.5) is 0 Å². The fraction of sp³-hybridized carbons (Fsp3) is 1.00. The molecule has 0 amide bonds. The summed E-state index contributed by atoms with van der Waals surface area (Å²) in [6.45, 7) is 6.18. The molecule has 1 saturated carbocycles. The van der Waals surface area contributed by atoms with Gasteiger partial charge >= 0.3 is 0 Å². The molecule has 20 heavy (non-hydrogen) atoms. The molecule has 118 valence electrons. The van der Waals surface area contributed by atoms with Gasteiger partial charge in [0.1, 0.15) is 0 Å². The smallest absolute Gasteiger partial charge is 0.282 e. The highest BCUT2D eigenvalue weighted by atomic mass is 32.2. The molecular formula is C14H28N2O3S. The highest BCUT2D eigenvalue weighted by Crippen LogP contribution is 2.32. The second-order valence-electron chi connectivity index (χ2n) is 6.56. The number of hydrogen-bond acceptors (Lipinski definition) is 3. The molecule has 0 spiro atoms. The lowest BCUT2D eigenvalue weighted by molar-refractivity contribution is 0.165. The predicted molar refractivity (Wildman–Crippen MR) is 79.5 cm³/mol. The molecule has 2 rings (SSSR count). The SMILES string of the molecule is CC(C)CCN(C1CC1)S(=O)(=O)N1CCC(CO)CC1. The highest BCUT2D eigenvalue weighted by molar-refractivity contribution is 7.86. The van der Waals surface area contributed by atoms with Crippen LogP contribution >= 0.6 is 0 Å². The van der Waals surface area contributed by atoms with Crippen LogP contribution in [-0.4, -0.2) is 54.4 Å². The van der Waals surface area contributed by atoms with Crippen LogP contribution in [0.2, 0.25) is 0 Å². The van der Waals surface area contributed by atoms with E-state index < -0.39 is 10.2 Å². The van der Waals surface area contributed by atoms with Crippen LogP contribution in [0.3, 0.4) is 0 Å². The van der Waals surface area contributed by atoms with Gasteiger partial charge in [-0.2, -0.15) is 17.0 Å². The minimum Gasteiger partial charge on any atom is -0.396 e. The normalized spacial score (nSPS) is 22.9. The van der Waals surface area contributed by atoms with Crippen LogP contribution in [-0.2, 0) is 10.2 Å². The van der Waals surface area contributed by atoms with E-state index in [-0.39, 0.29) is 18.6 Å². The molecule has 0 aromatic rings. The van der Waals surface area contributed by atoms with E-state index in [1.807, 2.05) is 0 Å². The molecule has 0 atom stereocenters. The summed E-state index contributed by atoms with van der Waals surface area (Å²) >= 11 is 0. The number of piperidine rings is 1. The summed E-state index contributed by atoms with van der Waals surface area (Å²) in [5.74, 6) is 0.790. The first-order valence-electron chi connectivity index (χ1n) is 7.83. The number of nitrogens with zero attached hydrogens (tertiary/aromatic N) is 2. The van der Waals surface area contributed by atoms with Crippen LogP contribution in [0.5, 0.6) is 0 Å². The molecule has 0 bridgehead atoms. The zero-order valence-corrected chi connectivity index (χ0v) is 13.5. The fourth-order valence-corrected chi connectivity index (χ4v) is 4.60. The Morgan fingerprint density at radius 2 is 1.80 bits per heavy atom. The highest BCUT2D eigenvalue weighted by Gasteiger charge is 2.40. The van der Waals surface area contributed by atoms with Gasteiger partial charge in [0.05, 0.1) is 0 Å². The summed E-state index contributed by atoms with van der Waals surface area (Å²) in [7, 11) is -3.30. The third-order valence-corrected chi connectivity index (χ3v) is 6.43. The molecule has 0 unspecified atom stereocenters. The summed E-state index contributed by atoms with van der Waals surface area (Å²) in [4.78, 5) is 0. The molecule has 2 fully saturated rings. The van der Waals surface area contributed by atoms with Crippen LogP contribution in [0.1, 0.15) is 46.0 Å². The number of aliphatic hydroxyl groups is 1. The van der Waals surface area contributed by atoms with Gasteiger partial charge in [0.2, 0.25) is 0 Å². The molecule has 5 nitrogen and oxygen atoms in total. The van der Waals surface area contributed by atoms with Crippen molar-refractivity contribution in [3.63, 3.8) is 0 Å². The molecule has 2 aliphatic rings. The molecule has 1 aliphatic carbocycles. The van der Waals surface area contributed by atoms with Crippen molar-refractivity contribution in [2.75, 3.05) is 26.2 Å². The Kier molecular flexibility index (Phi) is 5.45. The molecule has 0 radical (unpaired) electrons. The minimum atomic E-state index is -3.30. The van der Waals surface area contributed by atoms with Gasteiger partial charge in [-0.1, -0.05) is 13.8 Å². The van der Waals surface area contributed by atoms with Gasteiger partial charge in [0.25, 0.3) is 10.2 Å². The van der Waals surface area contributed by atoms with Gasteiger partial charge in [0, 0.05) is 32.3 Å². The minimum absolute atomic E-state index is 0.174. The van der Waals surface area contributed by atoms with Crippen molar-refractivity contribution in [1.29, 1.82) is 0 Å². The topological polar surface area (TPSA) is 60.9 Å². The lowest BCUT2D eigenvalue weighted by atomic mass is 10.00. The van der Waals surface area contributed by atoms with Gasteiger partial charge in [-0.15, -0.1) is 0 Å². The molecule has 1 aliphatic heterocycles. The standard InChI is InChI=1S/C14H28N2O3S/c1-12(2)5-10-16(14-3-4-14)20(18,19)15-8-6-13(11-17)7-9-15/h12-14,17H,3-11H2,1-2H3. The van der Waals surface area contributed by atoms with Crippen molar-refractivity contribution in [2.24, 2.45) is 11.8 Å². The Morgan fingerprint density at radius 1 is 1.20 bits per heavy atom. The molecule has 1 N–H and O–H groups in total. The summed E-state index contributed by atoms with van der Waals surface area (Å²) in [5, 5.41) is 9.15. The lowest BCUT2D eigenvalue weighted by Gasteiger charge is -2.34. The molecule has 0 aromatic carbocycles. The van der Waals surface area contributed by atoms with E-state index in [9.17, 15) is 8.42 Å². The maximum atomic E-state index is 12.8. The first-order chi connectivity index (χ1) is 9.45. The molecule has 0 aromatic heterocycles. The second-order valence-corrected chi connectivity index (χ2v) is 8.44. The van der Waals surface area contributed by atoms with E-state index in [1.165, 1.54) is 0 Å². The van der Waals surface area contributed by atoms with Crippen LogP contribution in [0.15, 0.2) is 0 Å². The van der Waals surface area contributed by atoms with E-state index in [2.05, 4.69) is 13.8 Å². The first-order valence-corrected chi connectivity index (χ1v) is 9.22. The van der Waals surface area contributed by atoms with Crippen LogP contribution in [0, 0.1) is 11.8 Å². The van der Waals surface area contributed by atoms with Crippen molar-refractivity contribution in [2.45, 2.75) is 52.0 Å². The first kappa shape index (κ1) is 16.2. The van der Waals surface area contributed by atoms with E-state index in [4.69, 9.17) is 5.11 Å². The van der Waals surface area contributed by atoms with Crippen LogP contribution < -0.4 is 0 Å². The molecule has 1 heterocycles. The van der Waals surface area contributed by atoms with E-state index in [0.717, 1.165) is 32.1 Å². The summed E-state index contributed by atoms with van der Waals surface area (Å²) in [5.41, 5.74) is 0. The molecule has 6 heteroatoms. The zero-order chi connectivity index (χ0) is 14.8. The average molecular weight is 304 g/mol. The Morgan fingerprint density at radius 3 is 2.25 bits per heavy atom. The monoisotopic (exact) mass is 304 g/mol. The van der Waals surface area contributed by atoms with Gasteiger partial charge in [-0.25, -0.2) is 0 Å². The van der Waals surface area contributed by atoms with Gasteiger partial charge in [0.15, 0.2) is 0 Å². The summed E-state index contributed by atoms with van der Waals surface area (Å²) in [6, 6.07) is 0.231. The zero-order valence-electron chi connectivity index (χ0n) is 12.7. The maximum Gasteiger partial charge on any atom is 0.282 e. The third kappa shape index (κ3) is 3.93. The number of rotatable bonds is 7. The van der Waals surface area contributed by atoms with Gasteiger partial charge in [-0.3, -0.25) is 0 Å². The largest absolute Gasteiger partial charge is 0.396 e. The Hall–Kier alpha value is -0.170. The predicted octanol–water partition coefficient (Wildman–Crippen LogP) is 1.45. The molecule has 1 saturated heterocycles. The Labute approximate surface area is 123 Å². The van der Waals surface area contributed by atoms with Crippen LogP contribution in [0.25, 0.3) is 0 Å². The van der Waals surface area contributed by atoms with Crippen molar-refractivity contribution in [3.8, 4) is 0 Å². The van der Waals surface area contributed by atoms with E-state index in [1.54, 1.807) is 8.61 Å². The van der Waals surface area contributed by atoms with Crippen molar-refractivity contribution >= 4 is 10.2 Å². The Balaban J connectivity index is 1.99. The Bertz CT molecular complexity index is 399. The number of aliphatic hydroxyl groups excluding tert-OH is 1. The van der Waals surface area contributed by atoms with E-state index >= 15 is 0 Å². The maximum absolute atomic E-state index is 12.8. The fourth-order valence-electron chi connectivity index (χ4n) is 2.71. The van der Waals surface area contributed by atoms with Gasteiger partial charge in [-0.05, 0) is 43.9 Å². The quantitative estimate of drug-likeness (QED) is 0.774. The van der Waals surface area contributed by atoms with Gasteiger partial charge < -0.3 is 5.11 Å². The van der Waals surface area contributed by atoms with Crippen molar-refractivity contribution in [1.82, 2.24) is 8.61 Å². The number of hydrogen-bond donors (Lipinski definition) is 1. The summed E-state index contributed by atoms with van der Waals surface area (Å²) in [6.07, 6.45) is 4.48. The third-order valence-electron chi connectivity index (χ3n) is 4.34. The molecular weight excluding hydrogens is 276 g/mol.